The smallest absolute Gasteiger partial charge is 0.0544 e. The Morgan fingerprint density at radius 1 is 1.19 bits per heavy atom. The highest BCUT2D eigenvalue weighted by atomic mass is 32.1. The van der Waals surface area contributed by atoms with Crippen LogP contribution >= 0.6 is 12.6 Å². The highest BCUT2D eigenvalue weighted by Gasteiger charge is 2.61. The molecule has 0 spiro atoms. The molecule has 1 heterocycles. The van der Waals surface area contributed by atoms with Crippen LogP contribution in [0.15, 0.2) is 24.5 Å². The molecule has 4 aliphatic rings. The average Bonchev–Trinajstić information content (AvgIpc) is 3.13. The third-order valence-corrected chi connectivity index (χ3v) is 11.3. The van der Waals surface area contributed by atoms with Crippen molar-refractivity contribution in [1.29, 1.82) is 0 Å². The van der Waals surface area contributed by atoms with Crippen LogP contribution in [0.4, 0.5) is 0 Å². The van der Waals surface area contributed by atoms with E-state index in [9.17, 15) is 5.11 Å². The van der Waals surface area contributed by atoms with Crippen LogP contribution in [0.1, 0.15) is 84.5 Å². The summed E-state index contributed by atoms with van der Waals surface area (Å²) in [6.45, 7) is 2.37. The Kier molecular flexibility index (Phi) is 6.20. The summed E-state index contributed by atoms with van der Waals surface area (Å²) < 4.78 is 0.145. The first-order chi connectivity index (χ1) is 15.0. The van der Waals surface area contributed by atoms with Crippen LogP contribution in [0.2, 0.25) is 0 Å². The molecule has 0 bridgehead atoms. The number of aryl methyl sites for hydroxylation is 1. The summed E-state index contributed by atoms with van der Waals surface area (Å²) in [7, 11) is 0. The number of aliphatic hydroxyl groups excluding tert-OH is 1. The first-order valence-electron chi connectivity index (χ1n) is 13.0. The van der Waals surface area contributed by atoms with E-state index in [4.69, 9.17) is 18.4 Å². The van der Waals surface area contributed by atoms with Gasteiger partial charge in [-0.25, -0.2) is 0 Å². The van der Waals surface area contributed by atoms with E-state index in [1.54, 1.807) is 0 Å². The van der Waals surface area contributed by atoms with Crippen molar-refractivity contribution in [2.75, 3.05) is 0 Å². The van der Waals surface area contributed by atoms with E-state index in [1.165, 1.54) is 56.9 Å². The van der Waals surface area contributed by atoms with E-state index in [2.05, 4.69) is 24.0 Å². The summed E-state index contributed by atoms with van der Waals surface area (Å²) >= 11 is 5.39. The molecular weight excluding hydrogens is 400 g/mol. The average molecular weight is 445 g/mol. The van der Waals surface area contributed by atoms with Crippen LogP contribution in [0.3, 0.4) is 0 Å². The van der Waals surface area contributed by atoms with Crippen molar-refractivity contribution in [2.24, 2.45) is 41.2 Å². The number of thiol groups is 1. The van der Waals surface area contributed by atoms with Gasteiger partial charge in [-0.1, -0.05) is 19.4 Å². The van der Waals surface area contributed by atoms with E-state index in [0.717, 1.165) is 37.5 Å². The van der Waals surface area contributed by atoms with E-state index >= 15 is 0 Å². The molecule has 0 aromatic carbocycles. The van der Waals surface area contributed by atoms with Crippen molar-refractivity contribution in [1.82, 2.24) is 4.98 Å². The summed E-state index contributed by atoms with van der Waals surface area (Å²) in [6, 6.07) is 4.27. The van der Waals surface area contributed by atoms with Gasteiger partial charge in [-0.2, -0.15) is 12.6 Å². The van der Waals surface area contributed by atoms with Crippen LogP contribution in [-0.2, 0) is 6.42 Å². The number of aromatic nitrogens is 1. The molecule has 9 unspecified atom stereocenters. The second kappa shape index (κ2) is 8.65. The standard InChI is InChI=1S/C27H42N2OS.H2/c1-2-19(6-5-18-4-3-15-29-17-18)23-9-10-24-22-8-7-20-16-21(30)11-14-27(20,31)25(22)12-13-26(23,24)28;/h3-4,15,17,19-25,30-31H,2,5-14,16,28H2,1H3;1H. The lowest BCUT2D eigenvalue weighted by molar-refractivity contribution is -0.0431. The van der Waals surface area contributed by atoms with Gasteiger partial charge in [0.25, 0.3) is 0 Å². The number of pyridine rings is 1. The van der Waals surface area contributed by atoms with Crippen molar-refractivity contribution in [3.05, 3.63) is 30.1 Å². The fraction of sp³-hybridized carbons (Fsp3) is 0.815. The Balaban J connectivity index is 0.00000245. The van der Waals surface area contributed by atoms with E-state index < -0.39 is 0 Å². The summed E-state index contributed by atoms with van der Waals surface area (Å²) in [5, 5.41) is 10.2. The van der Waals surface area contributed by atoms with Gasteiger partial charge in [0.15, 0.2) is 0 Å². The maximum absolute atomic E-state index is 10.2. The molecule has 5 rings (SSSR count). The van der Waals surface area contributed by atoms with Gasteiger partial charge in [0.1, 0.15) is 0 Å². The molecule has 0 radical (unpaired) electrons. The number of hydrogen-bond acceptors (Lipinski definition) is 4. The third kappa shape index (κ3) is 3.79. The minimum Gasteiger partial charge on any atom is -0.393 e. The summed E-state index contributed by atoms with van der Waals surface area (Å²) in [5.41, 5.74) is 8.81. The molecule has 0 amide bonds. The molecule has 3 nitrogen and oxygen atoms in total. The minimum atomic E-state index is -0.0972. The van der Waals surface area contributed by atoms with Crippen LogP contribution < -0.4 is 5.73 Å². The number of nitrogens with two attached hydrogens (primary N) is 1. The molecule has 9 atom stereocenters. The molecule has 4 fully saturated rings. The molecule has 0 aliphatic heterocycles. The first kappa shape index (κ1) is 22.2. The van der Waals surface area contributed by atoms with Crippen molar-refractivity contribution < 1.29 is 6.53 Å². The van der Waals surface area contributed by atoms with E-state index in [0.29, 0.717) is 23.7 Å². The molecule has 0 saturated heterocycles. The van der Waals surface area contributed by atoms with Gasteiger partial charge in [0.05, 0.1) is 6.10 Å². The normalized spacial score (nSPS) is 45.4. The predicted octanol–water partition coefficient (Wildman–Crippen LogP) is 5.66. The van der Waals surface area contributed by atoms with E-state index in [1.807, 2.05) is 12.4 Å². The molecule has 4 saturated carbocycles. The van der Waals surface area contributed by atoms with Gasteiger partial charge in [-0.15, -0.1) is 0 Å². The fourth-order valence-corrected chi connectivity index (χ4v) is 9.53. The first-order valence-corrected chi connectivity index (χ1v) is 13.5. The SMILES string of the molecule is CCC(CCc1cccnc1)C1CCC2C3CCC4CC(O)CCC4(S)C3CCC12N.[HH]. The number of aliphatic hydroxyl groups is 1. The Hall–Kier alpha value is -0.580. The second-order valence-electron chi connectivity index (χ2n) is 11.5. The lowest BCUT2D eigenvalue weighted by atomic mass is 9.50. The molecular formula is C27H44N2OS. The zero-order valence-electron chi connectivity index (χ0n) is 19.3. The summed E-state index contributed by atoms with van der Waals surface area (Å²) in [4.78, 5) is 4.31. The molecule has 1 aromatic rings. The monoisotopic (exact) mass is 444 g/mol. The van der Waals surface area contributed by atoms with Gasteiger partial charge >= 0.3 is 0 Å². The molecule has 174 valence electrons. The number of nitrogens with zero attached hydrogens (tertiary/aromatic N) is 1. The number of fused-ring (bicyclic) bond motifs is 5. The lowest BCUT2D eigenvalue weighted by Crippen LogP contribution is -2.62. The van der Waals surface area contributed by atoms with Crippen LogP contribution in [0, 0.1) is 35.5 Å². The van der Waals surface area contributed by atoms with Crippen molar-refractivity contribution in [3.63, 3.8) is 0 Å². The van der Waals surface area contributed by atoms with Gasteiger partial charge < -0.3 is 10.8 Å². The highest BCUT2D eigenvalue weighted by molar-refractivity contribution is 7.81. The Labute approximate surface area is 195 Å². The summed E-state index contributed by atoms with van der Waals surface area (Å²) in [5.74, 6) is 4.13. The molecule has 4 heteroatoms. The van der Waals surface area contributed by atoms with Gasteiger partial charge in [-0.05, 0) is 118 Å². The Morgan fingerprint density at radius 2 is 2.06 bits per heavy atom. The predicted molar refractivity (Wildman–Crippen MR) is 132 cm³/mol. The zero-order valence-corrected chi connectivity index (χ0v) is 20.1. The van der Waals surface area contributed by atoms with Gasteiger partial charge in [0.2, 0.25) is 0 Å². The zero-order chi connectivity index (χ0) is 21.6. The number of rotatable bonds is 5. The molecule has 1 aromatic heterocycles. The van der Waals surface area contributed by atoms with Crippen LogP contribution in [0.5, 0.6) is 0 Å². The third-order valence-electron chi connectivity index (χ3n) is 10.3. The maximum Gasteiger partial charge on any atom is 0.0544 e. The maximum atomic E-state index is 10.2. The highest BCUT2D eigenvalue weighted by Crippen LogP contribution is 2.64. The van der Waals surface area contributed by atoms with Gasteiger partial charge in [-0.3, -0.25) is 4.98 Å². The van der Waals surface area contributed by atoms with Crippen LogP contribution in [0.25, 0.3) is 0 Å². The number of hydrogen-bond donors (Lipinski definition) is 3. The van der Waals surface area contributed by atoms with E-state index in [-0.39, 0.29) is 17.8 Å². The lowest BCUT2D eigenvalue weighted by Gasteiger charge is -2.60. The fourth-order valence-electron chi connectivity index (χ4n) is 8.84. The van der Waals surface area contributed by atoms with Crippen molar-refractivity contribution in [3.8, 4) is 0 Å². The Bertz CT molecular complexity index is 765. The van der Waals surface area contributed by atoms with Crippen molar-refractivity contribution >= 4 is 12.6 Å². The molecule has 3 N–H and O–H groups in total. The Morgan fingerprint density at radius 3 is 2.84 bits per heavy atom. The second-order valence-corrected chi connectivity index (χ2v) is 12.3. The quantitative estimate of drug-likeness (QED) is 0.514. The minimum absolute atomic E-state index is 0. The van der Waals surface area contributed by atoms with Gasteiger partial charge in [0, 0.05) is 24.1 Å². The topological polar surface area (TPSA) is 59.1 Å². The summed E-state index contributed by atoms with van der Waals surface area (Å²) in [6.07, 6.45) is 18.0. The van der Waals surface area contributed by atoms with Crippen LogP contribution in [-0.4, -0.2) is 26.5 Å². The van der Waals surface area contributed by atoms with Crippen molar-refractivity contribution in [2.45, 2.75) is 100 Å². The molecule has 4 aliphatic carbocycles. The largest absolute Gasteiger partial charge is 0.393 e. The molecule has 31 heavy (non-hydrogen) atoms.